The highest BCUT2D eigenvalue weighted by atomic mass is 31.2. The van der Waals surface area contributed by atoms with Crippen LogP contribution in [0.4, 0.5) is 0 Å². The average Bonchev–Trinajstić information content (AvgIpc) is 3.39. The quantitative estimate of drug-likeness (QED) is 0.0146. The second-order valence-electron chi connectivity index (χ2n) is 21.9. The summed E-state index contributed by atoms with van der Waals surface area (Å²) in [6.07, 6.45) is 51.1. The average molecular weight is 1070 g/mol. The van der Waals surface area contributed by atoms with Gasteiger partial charge >= 0.3 is 13.8 Å². The lowest BCUT2D eigenvalue weighted by molar-refractivity contribution is -0.220. The Bertz CT molecular complexity index is 1320. The number of ether oxygens (including phenoxy) is 2. The highest BCUT2D eigenvalue weighted by molar-refractivity contribution is 7.47. The number of rotatable bonds is 55. The van der Waals surface area contributed by atoms with Crippen molar-refractivity contribution in [2.45, 2.75) is 339 Å². The van der Waals surface area contributed by atoms with E-state index in [1.807, 2.05) is 0 Å². The first-order chi connectivity index (χ1) is 36.0. The van der Waals surface area contributed by atoms with E-state index in [9.17, 15) is 39.8 Å². The monoisotopic (exact) mass is 1070 g/mol. The summed E-state index contributed by atoms with van der Waals surface area (Å²) in [4.78, 5) is 23.4. The van der Waals surface area contributed by atoms with Gasteiger partial charge in [-0.15, -0.1) is 0 Å². The van der Waals surface area contributed by atoms with Gasteiger partial charge in [-0.3, -0.25) is 13.8 Å². The Balaban J connectivity index is 2.23. The second kappa shape index (κ2) is 51.3. The van der Waals surface area contributed by atoms with E-state index >= 15 is 0 Å². The molecular formula is C61H117O12P. The summed E-state index contributed by atoms with van der Waals surface area (Å²) < 4.78 is 34.5. The number of esters is 1. The molecule has 438 valence electrons. The predicted octanol–water partition coefficient (Wildman–Crippen LogP) is 15.6. The second-order valence-corrected chi connectivity index (χ2v) is 23.3. The molecule has 6 N–H and O–H groups in total. The van der Waals surface area contributed by atoms with Crippen LogP contribution < -0.4 is 0 Å². The minimum atomic E-state index is -5.03. The summed E-state index contributed by atoms with van der Waals surface area (Å²) in [6.45, 7) is 4.32. The maximum atomic E-state index is 12.9. The van der Waals surface area contributed by atoms with Gasteiger partial charge in [0.1, 0.15) is 42.7 Å². The minimum Gasteiger partial charge on any atom is -0.457 e. The van der Waals surface area contributed by atoms with Crippen molar-refractivity contribution in [1.29, 1.82) is 0 Å². The Morgan fingerprint density at radius 1 is 0.432 bits per heavy atom. The Morgan fingerprint density at radius 2 is 0.757 bits per heavy atom. The van der Waals surface area contributed by atoms with E-state index in [0.717, 1.165) is 44.9 Å². The summed E-state index contributed by atoms with van der Waals surface area (Å²) in [5.74, 6) is -0.472. The molecule has 1 aliphatic rings. The van der Waals surface area contributed by atoms with Crippen LogP contribution in [0.15, 0.2) is 24.3 Å². The van der Waals surface area contributed by atoms with Crippen LogP contribution >= 0.6 is 7.82 Å². The van der Waals surface area contributed by atoms with Crippen molar-refractivity contribution in [2.75, 3.05) is 19.8 Å². The molecule has 12 nitrogen and oxygen atoms in total. The normalized spacial score (nSPS) is 20.5. The molecule has 6 unspecified atom stereocenters. The van der Waals surface area contributed by atoms with Crippen molar-refractivity contribution in [1.82, 2.24) is 0 Å². The third kappa shape index (κ3) is 41.9. The number of hydrogen-bond donors (Lipinski definition) is 6. The Kier molecular flexibility index (Phi) is 49.1. The van der Waals surface area contributed by atoms with E-state index in [4.69, 9.17) is 18.5 Å². The van der Waals surface area contributed by atoms with Gasteiger partial charge in [0.15, 0.2) is 0 Å². The molecule has 0 aliphatic heterocycles. The number of allylic oxidation sites excluding steroid dienone is 4. The summed E-state index contributed by atoms with van der Waals surface area (Å²) >= 11 is 0. The number of carbonyl (C=O) groups excluding carboxylic acids is 1. The first-order valence-corrected chi connectivity index (χ1v) is 32.7. The van der Waals surface area contributed by atoms with Crippen LogP contribution in [0.5, 0.6) is 0 Å². The van der Waals surface area contributed by atoms with E-state index in [1.54, 1.807) is 0 Å². The topological polar surface area (TPSA) is 192 Å². The van der Waals surface area contributed by atoms with Gasteiger partial charge in [0.05, 0.1) is 13.2 Å². The van der Waals surface area contributed by atoms with Crippen molar-refractivity contribution in [2.24, 2.45) is 0 Å². The van der Waals surface area contributed by atoms with Gasteiger partial charge in [-0.05, 0) is 44.9 Å². The summed E-state index contributed by atoms with van der Waals surface area (Å²) in [5.41, 5.74) is 0. The maximum absolute atomic E-state index is 12.9. The van der Waals surface area contributed by atoms with Crippen molar-refractivity contribution in [3.63, 3.8) is 0 Å². The minimum absolute atomic E-state index is 0.0718. The Hall–Kier alpha value is -1.18. The number of hydrogen-bond acceptors (Lipinski definition) is 11. The molecule has 0 aromatic rings. The predicted molar refractivity (Wildman–Crippen MR) is 304 cm³/mol. The first kappa shape index (κ1) is 70.8. The van der Waals surface area contributed by atoms with Crippen LogP contribution in [0.3, 0.4) is 0 Å². The molecule has 0 aromatic carbocycles. The van der Waals surface area contributed by atoms with Crippen molar-refractivity contribution in [3.05, 3.63) is 24.3 Å². The van der Waals surface area contributed by atoms with Gasteiger partial charge < -0.3 is 39.9 Å². The molecule has 0 spiro atoms. The van der Waals surface area contributed by atoms with Crippen LogP contribution in [0.25, 0.3) is 0 Å². The molecule has 1 rings (SSSR count). The zero-order chi connectivity index (χ0) is 54.0. The standard InChI is InChI=1S/C61H117O12P/c1-3-5-7-9-11-13-15-17-19-21-23-25-27-29-31-33-35-37-39-41-43-45-47-49-51-70-52-54(53-71-74(68,69)73-61-59(66)57(64)56(63)58(65)60(61)67)72-55(62)50-48-46-44-42-40-38-36-34-32-30-28-26-24-22-20-18-16-14-12-10-8-6-4-2/h16,18,22,24,54,56-61,63-67H,3-15,17,19-21,23,25-53H2,1-2H3,(H,68,69)/b18-16-,24-22-. The molecule has 74 heavy (non-hydrogen) atoms. The smallest absolute Gasteiger partial charge is 0.457 e. The number of phosphoric ester groups is 1. The highest BCUT2D eigenvalue weighted by Gasteiger charge is 2.51. The molecule has 0 bridgehead atoms. The fourth-order valence-electron chi connectivity index (χ4n) is 9.92. The largest absolute Gasteiger partial charge is 0.472 e. The van der Waals surface area contributed by atoms with Gasteiger partial charge in [-0.1, -0.05) is 269 Å². The Labute approximate surface area is 453 Å². The van der Waals surface area contributed by atoms with Gasteiger partial charge in [-0.2, -0.15) is 0 Å². The van der Waals surface area contributed by atoms with E-state index < -0.39 is 63.1 Å². The van der Waals surface area contributed by atoms with E-state index in [2.05, 4.69) is 38.2 Å². The lowest BCUT2D eigenvalue weighted by atomic mass is 9.85. The summed E-state index contributed by atoms with van der Waals surface area (Å²) in [7, 11) is -5.03. The van der Waals surface area contributed by atoms with E-state index in [0.29, 0.717) is 13.0 Å². The lowest BCUT2D eigenvalue weighted by Gasteiger charge is -2.41. The number of unbranched alkanes of at least 4 members (excludes halogenated alkanes) is 39. The maximum Gasteiger partial charge on any atom is 0.472 e. The molecular weight excluding hydrogens is 956 g/mol. The molecule has 6 atom stereocenters. The summed E-state index contributed by atoms with van der Waals surface area (Å²) in [5, 5.41) is 50.5. The first-order valence-electron chi connectivity index (χ1n) is 31.2. The third-order valence-corrected chi connectivity index (χ3v) is 15.8. The van der Waals surface area contributed by atoms with Crippen molar-refractivity contribution in [3.8, 4) is 0 Å². The van der Waals surface area contributed by atoms with E-state index in [-0.39, 0.29) is 13.0 Å². The molecule has 0 aromatic heterocycles. The lowest BCUT2D eigenvalue weighted by Crippen LogP contribution is -2.64. The van der Waals surface area contributed by atoms with Crippen molar-refractivity contribution < 1.29 is 58.3 Å². The molecule has 0 amide bonds. The zero-order valence-corrected chi connectivity index (χ0v) is 48.6. The SMILES string of the molecule is CCCCCCC/C=C\C/C=C\CCCCCCCCCCCCCC(=O)OC(COCCCCCCCCCCCCCCCCCCCCCCCCCC)COP(=O)(O)OC1C(O)C(O)C(O)C(O)C1O. The van der Waals surface area contributed by atoms with Gasteiger partial charge in [0.25, 0.3) is 0 Å². The Morgan fingerprint density at radius 3 is 1.14 bits per heavy atom. The molecule has 13 heteroatoms. The van der Waals surface area contributed by atoms with E-state index in [1.165, 1.54) is 225 Å². The van der Waals surface area contributed by atoms with Gasteiger partial charge in [-0.25, -0.2) is 4.57 Å². The summed E-state index contributed by atoms with van der Waals surface area (Å²) in [6, 6.07) is 0. The van der Waals surface area contributed by atoms with Crippen LogP contribution in [0.2, 0.25) is 0 Å². The molecule has 1 fully saturated rings. The molecule has 0 saturated heterocycles. The van der Waals surface area contributed by atoms with Gasteiger partial charge in [0, 0.05) is 13.0 Å². The fraction of sp³-hybridized carbons (Fsp3) is 0.918. The van der Waals surface area contributed by atoms with Crippen LogP contribution in [0, 0.1) is 0 Å². The molecule has 0 heterocycles. The number of aliphatic hydroxyl groups excluding tert-OH is 5. The highest BCUT2D eigenvalue weighted by Crippen LogP contribution is 2.47. The molecule has 1 saturated carbocycles. The number of phosphoric acid groups is 1. The van der Waals surface area contributed by atoms with Gasteiger partial charge in [0.2, 0.25) is 0 Å². The number of aliphatic hydroxyl groups is 5. The fourth-order valence-corrected chi connectivity index (χ4v) is 10.9. The van der Waals surface area contributed by atoms with Crippen LogP contribution in [-0.4, -0.2) is 98.9 Å². The van der Waals surface area contributed by atoms with Crippen molar-refractivity contribution >= 4 is 13.8 Å². The zero-order valence-electron chi connectivity index (χ0n) is 47.7. The third-order valence-electron chi connectivity index (χ3n) is 14.8. The molecule has 0 radical (unpaired) electrons. The van der Waals surface area contributed by atoms with Crippen LogP contribution in [0.1, 0.15) is 296 Å². The van der Waals surface area contributed by atoms with Crippen LogP contribution in [-0.2, 0) is 27.9 Å². The number of carbonyl (C=O) groups is 1. The molecule has 1 aliphatic carbocycles.